The third kappa shape index (κ3) is 6.00. The Hall–Kier alpha value is -1.10. The maximum Gasteiger partial charge on any atom is 0.389 e. The van der Waals surface area contributed by atoms with Crippen LogP contribution in [0, 0.1) is 5.82 Å². The van der Waals surface area contributed by atoms with E-state index in [0.717, 1.165) is 5.56 Å². The van der Waals surface area contributed by atoms with Crippen LogP contribution >= 0.6 is 0 Å². The van der Waals surface area contributed by atoms with E-state index in [1.807, 2.05) is 0 Å². The molecule has 0 spiro atoms. The summed E-state index contributed by atoms with van der Waals surface area (Å²) >= 11 is 0. The van der Waals surface area contributed by atoms with Crippen molar-refractivity contribution < 1.29 is 17.6 Å². The molecule has 0 bridgehead atoms. The maximum absolute atomic E-state index is 12.7. The lowest BCUT2D eigenvalue weighted by atomic mass is 10.0. The molecule has 0 aliphatic heterocycles. The lowest BCUT2D eigenvalue weighted by Crippen LogP contribution is -2.28. The minimum absolute atomic E-state index is 0.0159. The molecular weight excluding hydrogens is 246 g/mol. The molecule has 0 fully saturated rings. The fraction of sp³-hybridized carbons (Fsp3) is 0.538. The number of rotatable bonds is 6. The van der Waals surface area contributed by atoms with E-state index < -0.39 is 12.6 Å². The molecule has 1 rings (SSSR count). The first-order valence-corrected chi connectivity index (χ1v) is 5.89. The molecule has 0 aromatic heterocycles. The summed E-state index contributed by atoms with van der Waals surface area (Å²) in [4.78, 5) is 0. The molecule has 102 valence electrons. The Kier molecular flexibility index (Phi) is 5.59. The van der Waals surface area contributed by atoms with Crippen molar-refractivity contribution in [2.45, 2.75) is 37.9 Å². The molecule has 5 heteroatoms. The standard InChI is InChI=1S/C13H17F4N/c1-18-12(3-2-8-13(15,16)17)9-10-4-6-11(14)7-5-10/h4-7,12,18H,2-3,8-9H2,1H3. The summed E-state index contributed by atoms with van der Waals surface area (Å²) < 4.78 is 48.8. The Balaban J connectivity index is 2.40. The fourth-order valence-corrected chi connectivity index (χ4v) is 1.80. The third-order valence-electron chi connectivity index (χ3n) is 2.82. The molecule has 1 nitrogen and oxygen atoms in total. The smallest absolute Gasteiger partial charge is 0.317 e. The van der Waals surface area contributed by atoms with Crippen molar-refractivity contribution >= 4 is 0 Å². The highest BCUT2D eigenvalue weighted by Crippen LogP contribution is 2.23. The summed E-state index contributed by atoms with van der Waals surface area (Å²) in [7, 11) is 1.72. The Morgan fingerprint density at radius 1 is 1.17 bits per heavy atom. The second-order valence-corrected chi connectivity index (χ2v) is 4.32. The average molecular weight is 263 g/mol. The second-order valence-electron chi connectivity index (χ2n) is 4.32. The second kappa shape index (κ2) is 6.73. The molecule has 0 amide bonds. The van der Waals surface area contributed by atoms with Gasteiger partial charge in [-0.15, -0.1) is 0 Å². The number of hydrogen-bond donors (Lipinski definition) is 1. The van der Waals surface area contributed by atoms with Gasteiger partial charge in [-0.25, -0.2) is 4.39 Å². The quantitative estimate of drug-likeness (QED) is 0.772. The van der Waals surface area contributed by atoms with Gasteiger partial charge in [0.1, 0.15) is 5.82 Å². The predicted molar refractivity (Wildman–Crippen MR) is 62.9 cm³/mol. The molecule has 1 N–H and O–H groups in total. The summed E-state index contributed by atoms with van der Waals surface area (Å²) in [6, 6.07) is 6.01. The molecule has 0 saturated carbocycles. The highest BCUT2D eigenvalue weighted by Gasteiger charge is 2.26. The number of nitrogens with one attached hydrogen (secondary N) is 1. The monoisotopic (exact) mass is 263 g/mol. The first-order chi connectivity index (χ1) is 8.40. The van der Waals surface area contributed by atoms with E-state index in [0.29, 0.717) is 12.8 Å². The molecule has 1 unspecified atom stereocenters. The minimum atomic E-state index is -4.09. The van der Waals surface area contributed by atoms with Crippen LogP contribution in [0.1, 0.15) is 24.8 Å². The van der Waals surface area contributed by atoms with Crippen LogP contribution in [0.3, 0.4) is 0 Å². The van der Waals surface area contributed by atoms with Crippen LogP contribution < -0.4 is 5.32 Å². The van der Waals surface area contributed by atoms with Gasteiger partial charge in [-0.2, -0.15) is 13.2 Å². The number of alkyl halides is 3. The molecule has 18 heavy (non-hydrogen) atoms. The van der Waals surface area contributed by atoms with Crippen LogP contribution in [0.15, 0.2) is 24.3 Å². The summed E-state index contributed by atoms with van der Waals surface area (Å²) in [6.45, 7) is 0. The van der Waals surface area contributed by atoms with Crippen LogP contribution in [0.2, 0.25) is 0 Å². The summed E-state index contributed by atoms with van der Waals surface area (Å²) in [5.41, 5.74) is 0.919. The molecule has 0 saturated heterocycles. The predicted octanol–water partition coefficient (Wildman–Crippen LogP) is 3.69. The summed E-state index contributed by atoms with van der Waals surface area (Å²) in [5.74, 6) is -0.308. The number of halogens is 4. The Morgan fingerprint density at radius 3 is 2.28 bits per heavy atom. The van der Waals surface area contributed by atoms with Gasteiger partial charge in [0.05, 0.1) is 0 Å². The van der Waals surface area contributed by atoms with E-state index >= 15 is 0 Å². The van der Waals surface area contributed by atoms with Gasteiger partial charge in [0.15, 0.2) is 0 Å². The van der Waals surface area contributed by atoms with Crippen LogP contribution in [0.5, 0.6) is 0 Å². The van der Waals surface area contributed by atoms with Crippen molar-refractivity contribution in [2.75, 3.05) is 7.05 Å². The van der Waals surface area contributed by atoms with Crippen molar-refractivity contribution in [1.82, 2.24) is 5.32 Å². The molecule has 0 aliphatic carbocycles. The SMILES string of the molecule is CNC(CCCC(F)(F)F)Cc1ccc(F)cc1. The molecular formula is C13H17F4N. The van der Waals surface area contributed by atoms with E-state index in [-0.39, 0.29) is 18.3 Å². The van der Waals surface area contributed by atoms with Crippen LogP contribution in [-0.2, 0) is 6.42 Å². The van der Waals surface area contributed by atoms with Crippen LogP contribution in [-0.4, -0.2) is 19.3 Å². The molecule has 1 atom stereocenters. The number of benzene rings is 1. The van der Waals surface area contributed by atoms with E-state index in [9.17, 15) is 17.6 Å². The lowest BCUT2D eigenvalue weighted by molar-refractivity contribution is -0.135. The van der Waals surface area contributed by atoms with Crippen LogP contribution in [0.25, 0.3) is 0 Å². The average Bonchev–Trinajstić information content (AvgIpc) is 2.29. The summed E-state index contributed by atoms with van der Waals surface area (Å²) in [6.07, 6.45) is -3.68. The Labute approximate surface area is 104 Å². The first kappa shape index (κ1) is 15.0. The normalized spacial score (nSPS) is 13.6. The van der Waals surface area contributed by atoms with Gasteiger partial charge in [-0.1, -0.05) is 12.1 Å². The zero-order valence-corrected chi connectivity index (χ0v) is 10.2. The van der Waals surface area contributed by atoms with E-state index in [2.05, 4.69) is 5.32 Å². The zero-order valence-electron chi connectivity index (χ0n) is 10.2. The highest BCUT2D eigenvalue weighted by atomic mass is 19.4. The van der Waals surface area contributed by atoms with Crippen molar-refractivity contribution in [3.8, 4) is 0 Å². The molecule has 1 aromatic carbocycles. The molecule has 0 aliphatic rings. The van der Waals surface area contributed by atoms with Gasteiger partial charge in [-0.3, -0.25) is 0 Å². The molecule has 1 aromatic rings. The van der Waals surface area contributed by atoms with Crippen molar-refractivity contribution in [2.24, 2.45) is 0 Å². The fourth-order valence-electron chi connectivity index (χ4n) is 1.80. The Morgan fingerprint density at radius 2 is 1.78 bits per heavy atom. The van der Waals surface area contributed by atoms with Gasteiger partial charge < -0.3 is 5.32 Å². The van der Waals surface area contributed by atoms with Gasteiger partial charge in [0.25, 0.3) is 0 Å². The van der Waals surface area contributed by atoms with Gasteiger partial charge in [0.2, 0.25) is 0 Å². The van der Waals surface area contributed by atoms with Crippen LogP contribution in [0.4, 0.5) is 17.6 Å². The van der Waals surface area contributed by atoms with Crippen molar-refractivity contribution in [3.05, 3.63) is 35.6 Å². The third-order valence-corrected chi connectivity index (χ3v) is 2.82. The summed E-state index contributed by atoms with van der Waals surface area (Å²) in [5, 5.41) is 2.99. The van der Waals surface area contributed by atoms with Gasteiger partial charge in [0, 0.05) is 12.5 Å². The zero-order chi connectivity index (χ0) is 13.6. The first-order valence-electron chi connectivity index (χ1n) is 5.89. The van der Waals surface area contributed by atoms with Crippen molar-refractivity contribution in [3.63, 3.8) is 0 Å². The lowest BCUT2D eigenvalue weighted by Gasteiger charge is -2.16. The maximum atomic E-state index is 12.7. The Bertz CT molecular complexity index is 345. The largest absolute Gasteiger partial charge is 0.389 e. The molecule has 0 heterocycles. The van der Waals surface area contributed by atoms with E-state index in [1.54, 1.807) is 19.2 Å². The van der Waals surface area contributed by atoms with Crippen molar-refractivity contribution in [1.29, 1.82) is 0 Å². The van der Waals surface area contributed by atoms with Gasteiger partial charge >= 0.3 is 6.18 Å². The van der Waals surface area contributed by atoms with Gasteiger partial charge in [-0.05, 0) is 44.0 Å². The highest BCUT2D eigenvalue weighted by molar-refractivity contribution is 5.17. The minimum Gasteiger partial charge on any atom is -0.317 e. The van der Waals surface area contributed by atoms with E-state index in [1.165, 1.54) is 12.1 Å². The molecule has 0 radical (unpaired) electrons. The number of hydrogen-bond acceptors (Lipinski definition) is 1. The topological polar surface area (TPSA) is 12.0 Å². The van der Waals surface area contributed by atoms with E-state index in [4.69, 9.17) is 0 Å². The number of likely N-dealkylation sites (N-methyl/N-ethyl adjacent to an activating group) is 1.